The van der Waals surface area contributed by atoms with Gasteiger partial charge in [-0.3, -0.25) is 9.79 Å². The lowest BCUT2D eigenvalue weighted by Crippen LogP contribution is -2.33. The van der Waals surface area contributed by atoms with Crippen LogP contribution in [0, 0.1) is 6.92 Å². The number of hydrogen-bond donors (Lipinski definition) is 2. The molecule has 5 rings (SSSR count). The molecule has 0 saturated heterocycles. The van der Waals surface area contributed by atoms with E-state index in [9.17, 15) is 19.1 Å². The van der Waals surface area contributed by atoms with Gasteiger partial charge in [0, 0.05) is 15.6 Å². The minimum atomic E-state index is -5.07. The summed E-state index contributed by atoms with van der Waals surface area (Å²) >= 11 is 38.7. The van der Waals surface area contributed by atoms with Gasteiger partial charge >= 0.3 is 13.8 Å². The second-order valence-electron chi connectivity index (χ2n) is 7.59. The van der Waals surface area contributed by atoms with Gasteiger partial charge in [-0.2, -0.15) is 0 Å². The normalized spacial score (nSPS) is 18.0. The monoisotopic (exact) mass is 614 g/mol. The Morgan fingerprint density at radius 3 is 2.09 bits per heavy atom. The summed E-state index contributed by atoms with van der Waals surface area (Å²) in [6.45, 7) is 1.64. The van der Waals surface area contributed by atoms with Gasteiger partial charge < -0.3 is 14.0 Å². The van der Waals surface area contributed by atoms with E-state index < -0.39 is 30.2 Å². The zero-order valence-corrected chi connectivity index (χ0v) is 22.4. The van der Waals surface area contributed by atoms with Gasteiger partial charge in [0.1, 0.15) is 5.02 Å². The van der Waals surface area contributed by atoms with E-state index in [1.807, 2.05) is 0 Å². The highest BCUT2D eigenvalue weighted by atomic mass is 35.5. The molecular formula is C21H9Cl6O7P. The second kappa shape index (κ2) is 8.32. The van der Waals surface area contributed by atoms with E-state index in [-0.39, 0.29) is 58.9 Å². The minimum Gasteiger partial charge on any atom is -0.453 e. The fraction of sp³-hybridized carbons (Fsp3) is 0.0952. The standard InChI is InChI=1S/C21H9Cl6O7P/c1-6-11(24)4-7-17(15(6)26)32-18-8(5-12(25)19(16(18)27)34-35(29,30)31)21(7)14-10(23)3-2-9(22)13(14)20(28)33-21/h2-5H,1H3,(H2,29,30,31). The molecule has 2 aliphatic rings. The molecule has 0 aliphatic carbocycles. The first-order valence-corrected chi connectivity index (χ1v) is 13.2. The molecule has 35 heavy (non-hydrogen) atoms. The number of benzene rings is 3. The van der Waals surface area contributed by atoms with Crippen molar-refractivity contribution in [1.82, 2.24) is 0 Å². The van der Waals surface area contributed by atoms with Gasteiger partial charge in [-0.25, -0.2) is 9.36 Å². The van der Waals surface area contributed by atoms with Crippen LogP contribution in [0.3, 0.4) is 0 Å². The van der Waals surface area contributed by atoms with Crippen LogP contribution in [0.4, 0.5) is 0 Å². The van der Waals surface area contributed by atoms with Crippen LogP contribution in [0.25, 0.3) is 0 Å². The van der Waals surface area contributed by atoms with E-state index >= 15 is 0 Å². The highest BCUT2D eigenvalue weighted by Gasteiger charge is 2.57. The Morgan fingerprint density at radius 1 is 0.886 bits per heavy atom. The summed E-state index contributed by atoms with van der Waals surface area (Å²) in [6.07, 6.45) is 0. The third kappa shape index (κ3) is 3.64. The van der Waals surface area contributed by atoms with Crippen molar-refractivity contribution in [2.24, 2.45) is 0 Å². The molecule has 2 N–H and O–H groups in total. The lowest BCUT2D eigenvalue weighted by atomic mass is 9.77. The van der Waals surface area contributed by atoms with Crippen molar-refractivity contribution in [1.29, 1.82) is 0 Å². The maximum atomic E-state index is 13.1. The van der Waals surface area contributed by atoms with E-state index in [4.69, 9.17) is 79.1 Å². The van der Waals surface area contributed by atoms with Crippen molar-refractivity contribution >= 4 is 83.4 Å². The van der Waals surface area contributed by atoms with Crippen molar-refractivity contribution in [3.05, 3.63) is 82.2 Å². The molecule has 1 atom stereocenters. The quantitative estimate of drug-likeness (QED) is 0.222. The van der Waals surface area contributed by atoms with Crippen LogP contribution < -0.4 is 9.26 Å². The fourth-order valence-electron chi connectivity index (χ4n) is 4.17. The summed E-state index contributed by atoms with van der Waals surface area (Å²) in [5.41, 5.74) is -0.943. The molecule has 0 radical (unpaired) electrons. The number of esters is 1. The molecule has 0 fully saturated rings. The number of hydrogen-bond acceptors (Lipinski definition) is 5. The fourth-order valence-corrected chi connectivity index (χ4v) is 6.29. The lowest BCUT2D eigenvalue weighted by molar-refractivity contribution is 0.0224. The summed E-state index contributed by atoms with van der Waals surface area (Å²) in [5, 5.41) is -0.221. The maximum absolute atomic E-state index is 13.1. The van der Waals surface area contributed by atoms with Crippen molar-refractivity contribution < 1.29 is 33.1 Å². The number of carbonyl (C=O) groups is 1. The zero-order chi connectivity index (χ0) is 25.6. The molecule has 0 amide bonds. The van der Waals surface area contributed by atoms with Gasteiger partial charge in [-0.05, 0) is 36.8 Å². The minimum absolute atomic E-state index is 0.00595. The van der Waals surface area contributed by atoms with Crippen LogP contribution in [0.15, 0.2) is 24.3 Å². The molecule has 182 valence electrons. The molecule has 3 aromatic rings. The molecule has 1 unspecified atom stereocenters. The Kier molecular flexibility index (Phi) is 6.01. The van der Waals surface area contributed by atoms with Gasteiger partial charge in [0.2, 0.25) is 0 Å². The van der Waals surface area contributed by atoms with E-state index in [0.29, 0.717) is 5.56 Å². The number of ether oxygens (including phenoxy) is 2. The van der Waals surface area contributed by atoms with Gasteiger partial charge in [0.05, 0.1) is 31.8 Å². The largest absolute Gasteiger partial charge is 0.524 e. The van der Waals surface area contributed by atoms with Crippen molar-refractivity contribution in [3.8, 4) is 17.2 Å². The Labute approximate surface area is 227 Å². The maximum Gasteiger partial charge on any atom is 0.524 e. The summed E-state index contributed by atoms with van der Waals surface area (Å²) in [4.78, 5) is 31.8. The van der Waals surface area contributed by atoms with Crippen molar-refractivity contribution in [2.75, 3.05) is 0 Å². The molecule has 0 saturated carbocycles. The Balaban J connectivity index is 1.96. The Morgan fingerprint density at radius 2 is 1.46 bits per heavy atom. The first-order chi connectivity index (χ1) is 16.3. The Hall–Kier alpha value is -1.38. The SMILES string of the molecule is Cc1c(Cl)cc2c(c1Cl)Oc1c(cc(Cl)c(OP(=O)(O)O)c1Cl)C21OC(=O)c2c(Cl)ccc(Cl)c21. The van der Waals surface area contributed by atoms with E-state index in [2.05, 4.69) is 4.52 Å². The zero-order valence-electron chi connectivity index (χ0n) is 17.0. The van der Waals surface area contributed by atoms with Crippen LogP contribution in [0.1, 0.15) is 32.6 Å². The topological polar surface area (TPSA) is 102 Å². The summed E-state index contributed by atoms with van der Waals surface area (Å²) < 4.78 is 28.2. The van der Waals surface area contributed by atoms with Gasteiger partial charge in [-0.1, -0.05) is 69.6 Å². The van der Waals surface area contributed by atoms with E-state index in [1.165, 1.54) is 24.3 Å². The summed E-state index contributed by atoms with van der Waals surface area (Å²) in [7, 11) is -5.07. The lowest BCUT2D eigenvalue weighted by Gasteiger charge is -2.38. The van der Waals surface area contributed by atoms with Crippen LogP contribution in [0.5, 0.6) is 17.2 Å². The molecule has 14 heteroatoms. The van der Waals surface area contributed by atoms with E-state index in [1.54, 1.807) is 6.92 Å². The molecule has 1 spiro atoms. The number of fused-ring (bicyclic) bond motifs is 6. The van der Waals surface area contributed by atoms with Crippen LogP contribution in [-0.4, -0.2) is 15.8 Å². The predicted octanol–water partition coefficient (Wildman–Crippen LogP) is 7.95. The van der Waals surface area contributed by atoms with E-state index in [0.717, 1.165) is 0 Å². The molecular weight excluding hydrogens is 608 g/mol. The first-order valence-electron chi connectivity index (χ1n) is 9.44. The average Bonchev–Trinajstić information content (AvgIpc) is 3.08. The molecule has 2 aliphatic heterocycles. The molecule has 0 aromatic heterocycles. The molecule has 3 aromatic carbocycles. The van der Waals surface area contributed by atoms with Gasteiger partial charge in [0.25, 0.3) is 0 Å². The number of phosphoric acid groups is 1. The smallest absolute Gasteiger partial charge is 0.453 e. The highest BCUT2D eigenvalue weighted by Crippen LogP contribution is 2.64. The average molecular weight is 617 g/mol. The summed E-state index contributed by atoms with van der Waals surface area (Å²) in [6, 6.07) is 5.66. The van der Waals surface area contributed by atoms with Crippen LogP contribution in [-0.2, 0) is 14.9 Å². The highest BCUT2D eigenvalue weighted by molar-refractivity contribution is 7.46. The second-order valence-corrected chi connectivity index (χ2v) is 11.1. The van der Waals surface area contributed by atoms with Gasteiger partial charge in [0.15, 0.2) is 22.8 Å². The first kappa shape index (κ1) is 25.3. The van der Waals surface area contributed by atoms with Crippen molar-refractivity contribution in [2.45, 2.75) is 12.5 Å². The number of rotatable bonds is 2. The Bertz CT molecular complexity index is 1540. The molecule has 0 bridgehead atoms. The number of halogens is 6. The van der Waals surface area contributed by atoms with Crippen LogP contribution in [0.2, 0.25) is 30.1 Å². The molecule has 2 heterocycles. The molecule has 7 nitrogen and oxygen atoms in total. The van der Waals surface area contributed by atoms with Crippen LogP contribution >= 0.6 is 77.4 Å². The number of carbonyl (C=O) groups excluding carboxylic acids is 1. The van der Waals surface area contributed by atoms with Crippen molar-refractivity contribution in [3.63, 3.8) is 0 Å². The van der Waals surface area contributed by atoms with Gasteiger partial charge in [-0.15, -0.1) is 0 Å². The predicted molar refractivity (Wildman–Crippen MR) is 132 cm³/mol. The third-order valence-electron chi connectivity index (χ3n) is 5.61. The number of phosphoric ester groups is 1. The summed E-state index contributed by atoms with van der Waals surface area (Å²) in [5.74, 6) is -1.53. The third-order valence-corrected chi connectivity index (χ3v) is 8.13.